The second kappa shape index (κ2) is 23.6. The van der Waals surface area contributed by atoms with E-state index in [1.807, 2.05) is 17.9 Å². The van der Waals surface area contributed by atoms with Crippen LogP contribution in [-0.2, 0) is 60.8 Å². The molecule has 2 aliphatic rings. The molecule has 4 N–H and O–H groups in total. The van der Waals surface area contributed by atoms with Crippen LogP contribution in [0.3, 0.4) is 0 Å². The number of anilines is 1. The smallest absolute Gasteiger partial charge is 0.744 e. The minimum absolute atomic E-state index is 0. The predicted octanol–water partition coefficient (Wildman–Crippen LogP) is -0.840. The maximum absolute atomic E-state index is 12.1. The number of carboxylic acids is 1. The molecule has 0 spiro atoms. The van der Waals surface area contributed by atoms with E-state index in [2.05, 4.69) is 0 Å². The van der Waals surface area contributed by atoms with Gasteiger partial charge in [-0.3, -0.25) is 18.5 Å². The molecule has 336 valence electrons. The maximum Gasteiger partial charge on any atom is 1.00 e. The Morgan fingerprint density at radius 2 is 1.37 bits per heavy atom. The van der Waals surface area contributed by atoms with Gasteiger partial charge in [0, 0.05) is 67.6 Å². The van der Waals surface area contributed by atoms with Gasteiger partial charge in [0.2, 0.25) is 5.69 Å². The van der Waals surface area contributed by atoms with Gasteiger partial charge in [-0.2, -0.15) is 29.8 Å². The van der Waals surface area contributed by atoms with E-state index in [-0.39, 0.29) is 96.2 Å². The van der Waals surface area contributed by atoms with Gasteiger partial charge in [0.15, 0.2) is 5.71 Å². The van der Waals surface area contributed by atoms with Crippen LogP contribution in [0.15, 0.2) is 94.4 Å². The molecule has 2 atom stereocenters. The number of allylic oxidation sites excluding steroid dienone is 8. The van der Waals surface area contributed by atoms with E-state index in [0.717, 1.165) is 5.70 Å². The van der Waals surface area contributed by atoms with Crippen LogP contribution in [0.2, 0.25) is 0 Å². The van der Waals surface area contributed by atoms with E-state index < -0.39 is 73.7 Å². The summed E-state index contributed by atoms with van der Waals surface area (Å²) in [5, 5.41) is 9.08. The molecule has 2 aromatic carbocycles. The summed E-state index contributed by atoms with van der Waals surface area (Å²) in [4.78, 5) is 12.3. The first-order valence-electron chi connectivity index (χ1n) is 19.3. The molecule has 0 saturated heterocycles. The molecule has 2 unspecified atom stereocenters. The second-order valence-electron chi connectivity index (χ2n) is 15.3. The molecule has 0 aromatic heterocycles. The van der Waals surface area contributed by atoms with E-state index in [4.69, 9.17) is 9.84 Å². The third kappa shape index (κ3) is 15.5. The summed E-state index contributed by atoms with van der Waals surface area (Å²) in [6.07, 6.45) is 14.3. The van der Waals surface area contributed by atoms with Crippen LogP contribution >= 0.6 is 0 Å². The molecule has 0 bridgehead atoms. The number of fused-ring (bicyclic) bond motifs is 2. The number of unbranched alkanes of at least 4 members (excludes halogenated alkanes) is 2. The van der Waals surface area contributed by atoms with Gasteiger partial charge < -0.3 is 19.3 Å². The minimum Gasteiger partial charge on any atom is -0.744 e. The molecule has 2 aromatic rings. The Hall–Kier alpha value is -2.06. The van der Waals surface area contributed by atoms with Crippen LogP contribution in [0.1, 0.15) is 76.3 Å². The zero-order chi connectivity index (χ0) is 45.4. The zero-order valence-corrected chi connectivity index (χ0v) is 43.3. The average molecular weight is 975 g/mol. The van der Waals surface area contributed by atoms with Crippen LogP contribution in [0.5, 0.6) is 0 Å². The van der Waals surface area contributed by atoms with Crippen molar-refractivity contribution in [2.24, 2.45) is 0 Å². The van der Waals surface area contributed by atoms with E-state index in [1.54, 1.807) is 61.1 Å². The average Bonchev–Trinajstić information content (AvgIpc) is 3.51. The molecule has 63 heavy (non-hydrogen) atoms. The summed E-state index contributed by atoms with van der Waals surface area (Å²) in [7, 11) is -16.6. The quantitative estimate of drug-likeness (QED) is 0.0348. The van der Waals surface area contributed by atoms with Crippen LogP contribution in [0.4, 0.5) is 11.4 Å². The van der Waals surface area contributed by atoms with Crippen molar-refractivity contribution in [2.45, 2.75) is 85.8 Å². The Labute approximate surface area is 414 Å². The standard InChI is InChI=1S/C40H52N2O15S4.2Na/c1-39(21-12-26-58(45,46)47)32-28-30(60(51,52)53)17-19-34(32)42(24-13-27-59(48,49)50)36(39)14-8-5-4-6-9-15-37-40(2,22-25-57-3)33-29-31(61(54,55)56)18-20-35(33)41(37)23-11-7-10-16-38(43)44;;/h4-6,8-9,14-15,17-20,28-29H,7,10-13,16,21-27H2,1-3H3,(H4-,43,44,45,46,47,48,49,50,51,52,53,54,55,56);;/q;2*+1. The number of hydrogen-bond acceptors (Lipinski definition) is 12. The number of benzene rings is 2. The Bertz CT molecular complexity index is 2590. The van der Waals surface area contributed by atoms with Crippen molar-refractivity contribution in [3.05, 3.63) is 95.8 Å². The third-order valence-electron chi connectivity index (χ3n) is 10.9. The Morgan fingerprint density at radius 1 is 0.762 bits per heavy atom. The van der Waals surface area contributed by atoms with Gasteiger partial charge in [0.25, 0.3) is 30.4 Å². The largest absolute Gasteiger partial charge is 1.00 e. The van der Waals surface area contributed by atoms with Crippen molar-refractivity contribution >= 4 is 63.5 Å². The van der Waals surface area contributed by atoms with E-state index in [9.17, 15) is 56.7 Å². The molecule has 0 aliphatic carbocycles. The topological polar surface area (TPSA) is 273 Å². The Kier molecular flexibility index (Phi) is 21.4. The molecule has 2 heterocycles. The number of rotatable bonds is 23. The molecule has 0 fully saturated rings. The fraction of sp³-hybridized carbons (Fsp3) is 0.450. The second-order valence-corrected chi connectivity index (χ2v) is 21.2. The molecule has 23 heteroatoms. The number of carboxylic acid groups (broad SMARTS) is 1. The number of aliphatic carboxylic acids is 1. The molecule has 2 aliphatic heterocycles. The van der Waals surface area contributed by atoms with E-state index in [1.165, 1.54) is 30.3 Å². The maximum atomic E-state index is 12.1. The summed E-state index contributed by atoms with van der Waals surface area (Å²) < 4.78 is 143. The molecule has 17 nitrogen and oxygen atoms in total. The fourth-order valence-electron chi connectivity index (χ4n) is 7.92. The summed E-state index contributed by atoms with van der Waals surface area (Å²) in [5.41, 5.74) is 1.63. The summed E-state index contributed by atoms with van der Waals surface area (Å²) in [6, 6.07) is 8.16. The van der Waals surface area contributed by atoms with Crippen LogP contribution in [0, 0.1) is 0 Å². The predicted molar refractivity (Wildman–Crippen MR) is 227 cm³/mol. The first kappa shape index (κ1) is 57.1. The number of nitrogens with zero attached hydrogens (tertiary/aromatic N) is 2. The zero-order valence-electron chi connectivity index (χ0n) is 36.0. The van der Waals surface area contributed by atoms with Gasteiger partial charge in [-0.15, -0.1) is 0 Å². The van der Waals surface area contributed by atoms with E-state index in [0.29, 0.717) is 67.0 Å². The summed E-state index contributed by atoms with van der Waals surface area (Å²) >= 11 is 0. The van der Waals surface area contributed by atoms with Gasteiger partial charge in [0.1, 0.15) is 16.7 Å². The van der Waals surface area contributed by atoms with Gasteiger partial charge in [-0.1, -0.05) is 36.8 Å². The monoisotopic (exact) mass is 974 g/mol. The van der Waals surface area contributed by atoms with Crippen molar-refractivity contribution in [3.8, 4) is 0 Å². The molecule has 0 saturated carbocycles. The number of carbonyl (C=O) groups is 1. The molecular weight excluding hydrogens is 923 g/mol. The van der Waals surface area contributed by atoms with E-state index >= 15 is 0 Å². The van der Waals surface area contributed by atoms with Crippen molar-refractivity contribution in [1.29, 1.82) is 0 Å². The number of hydrogen-bond donors (Lipinski definition) is 4. The fourth-order valence-corrected chi connectivity index (χ4v) is 9.92. The van der Waals surface area contributed by atoms with Crippen molar-refractivity contribution in [3.63, 3.8) is 0 Å². The van der Waals surface area contributed by atoms with Gasteiger partial charge in [-0.25, -0.2) is 8.42 Å². The SMILES string of the molecule is COCCC1(C)\C(=C/C=C/C=C/C=C/C2=[N+](CCCS(=O)(=O)O)c3ccc(S(=O)(=O)O)cc3C2(C)CCCS(=O)(=O)O)N(CCCCCC(=O)O)c2ccc(S(=O)(=O)[O-])cc21.[Na+].[Na+]. The Balaban J connectivity index is 0.00000683. The summed E-state index contributed by atoms with van der Waals surface area (Å²) in [5.74, 6) is -2.06. The van der Waals surface area contributed by atoms with Crippen LogP contribution in [0.25, 0.3) is 0 Å². The molecule has 0 radical (unpaired) electrons. The first-order chi connectivity index (χ1) is 28.3. The Morgan fingerprint density at radius 3 is 1.97 bits per heavy atom. The molecule has 4 rings (SSSR count). The van der Waals surface area contributed by atoms with Crippen molar-refractivity contribution in [2.75, 3.05) is 43.2 Å². The van der Waals surface area contributed by atoms with Crippen molar-refractivity contribution in [1.82, 2.24) is 0 Å². The first-order valence-corrected chi connectivity index (χ1v) is 25.4. The summed E-state index contributed by atoms with van der Waals surface area (Å²) in [6.45, 7) is 4.50. The van der Waals surface area contributed by atoms with Gasteiger partial charge >= 0.3 is 65.1 Å². The minimum atomic E-state index is -4.77. The number of methoxy groups -OCH3 is 1. The van der Waals surface area contributed by atoms with Crippen LogP contribution in [-0.4, -0.2) is 112 Å². The van der Waals surface area contributed by atoms with Gasteiger partial charge in [-0.05, 0) is 87.9 Å². The van der Waals surface area contributed by atoms with Crippen molar-refractivity contribution < 1.29 is 130 Å². The normalized spacial score (nSPS) is 19.9. The number of ether oxygens (including phenoxy) is 1. The molecule has 0 amide bonds. The molecular formula is C40H52N2Na2O15S4+2. The van der Waals surface area contributed by atoms with Crippen LogP contribution < -0.4 is 64.0 Å². The van der Waals surface area contributed by atoms with Gasteiger partial charge in [0.05, 0.1) is 26.7 Å². The third-order valence-corrected chi connectivity index (χ3v) is 14.2.